The molecule has 0 unspecified atom stereocenters. The molecule has 0 amide bonds. The van der Waals surface area contributed by atoms with E-state index in [1.807, 2.05) is 12.1 Å². The Balaban J connectivity index is 1.78. The van der Waals surface area contributed by atoms with Gasteiger partial charge in [0.1, 0.15) is 0 Å². The molecule has 1 fully saturated rings. The fraction of sp³-hybridized carbons (Fsp3) is 0.429. The Kier molecular flexibility index (Phi) is 4.86. The summed E-state index contributed by atoms with van der Waals surface area (Å²) in [6.45, 7) is 2.23. The van der Waals surface area contributed by atoms with Gasteiger partial charge in [-0.3, -0.25) is 0 Å². The Morgan fingerprint density at radius 2 is 1.62 bits per heavy atom. The second-order valence-corrected chi connectivity index (χ2v) is 6.79. The predicted molar refractivity (Wildman–Crippen MR) is 91.4 cm³/mol. The molecule has 0 nitrogen and oxygen atoms in total. The zero-order valence-corrected chi connectivity index (χ0v) is 13.9. The average molecular weight is 333 g/mol. The number of hydrogen-bond acceptors (Lipinski definition) is 0. The molecule has 2 aromatic carbocycles. The summed E-state index contributed by atoms with van der Waals surface area (Å²) in [5.41, 5.74) is 1.84. The van der Waals surface area contributed by atoms with E-state index < -0.39 is 23.5 Å². The van der Waals surface area contributed by atoms with Crippen molar-refractivity contribution < 1.29 is 14.5 Å². The van der Waals surface area contributed by atoms with Crippen LogP contribution in [0.5, 0.6) is 0 Å². The van der Waals surface area contributed by atoms with E-state index in [4.69, 9.17) is 1.37 Å². The molecule has 0 aliphatic heterocycles. The summed E-state index contributed by atoms with van der Waals surface area (Å²) in [7, 11) is 0. The summed E-state index contributed by atoms with van der Waals surface area (Å²) in [6, 6.07) is 7.78. The van der Waals surface area contributed by atoms with Crippen LogP contribution in [0.2, 0.25) is 0 Å². The monoisotopic (exact) mass is 333 g/mol. The third-order valence-electron chi connectivity index (χ3n) is 5.15. The molecule has 2 aromatic rings. The lowest BCUT2D eigenvalue weighted by molar-refractivity contribution is 0.308. The maximum absolute atomic E-state index is 13.6. The fourth-order valence-electron chi connectivity index (χ4n) is 3.79. The number of halogens is 3. The van der Waals surface area contributed by atoms with Crippen LogP contribution in [0.3, 0.4) is 0 Å². The van der Waals surface area contributed by atoms with E-state index in [0.29, 0.717) is 11.5 Å². The summed E-state index contributed by atoms with van der Waals surface area (Å²) in [5.74, 6) is -2.92. The first-order valence-corrected chi connectivity index (χ1v) is 8.75. The van der Waals surface area contributed by atoms with Crippen LogP contribution in [0.25, 0.3) is 11.1 Å². The van der Waals surface area contributed by atoms with Crippen molar-refractivity contribution in [2.75, 3.05) is 0 Å². The molecule has 0 N–H and O–H groups in total. The van der Waals surface area contributed by atoms with Crippen molar-refractivity contribution in [3.8, 4) is 11.1 Å². The predicted octanol–water partition coefficient (Wildman–Crippen LogP) is 6.84. The molecule has 1 aliphatic carbocycles. The van der Waals surface area contributed by atoms with Crippen molar-refractivity contribution in [2.45, 2.75) is 51.4 Å². The van der Waals surface area contributed by atoms with Gasteiger partial charge in [-0.15, -0.1) is 0 Å². The number of rotatable bonds is 4. The van der Waals surface area contributed by atoms with Gasteiger partial charge in [-0.05, 0) is 66.3 Å². The van der Waals surface area contributed by atoms with Crippen molar-refractivity contribution in [1.82, 2.24) is 0 Å². The lowest BCUT2D eigenvalue weighted by Gasteiger charge is -2.28. The quantitative estimate of drug-likeness (QED) is 0.537. The van der Waals surface area contributed by atoms with Crippen LogP contribution in [-0.4, -0.2) is 0 Å². The average Bonchev–Trinajstić information content (AvgIpc) is 2.64. The molecule has 0 saturated heterocycles. The van der Waals surface area contributed by atoms with Gasteiger partial charge in [0.05, 0.1) is 1.37 Å². The van der Waals surface area contributed by atoms with Crippen molar-refractivity contribution in [2.24, 2.45) is 5.92 Å². The van der Waals surface area contributed by atoms with Crippen LogP contribution in [0.4, 0.5) is 13.2 Å². The third kappa shape index (κ3) is 3.66. The summed E-state index contributed by atoms with van der Waals surface area (Å²) in [6.07, 6.45) is 7.40. The maximum atomic E-state index is 13.6. The minimum atomic E-state index is -1.59. The molecule has 1 saturated carbocycles. The van der Waals surface area contributed by atoms with Crippen LogP contribution in [-0.2, 0) is 0 Å². The minimum absolute atomic E-state index is 0.0783. The Morgan fingerprint density at radius 3 is 2.25 bits per heavy atom. The highest BCUT2D eigenvalue weighted by molar-refractivity contribution is 5.64. The summed E-state index contributed by atoms with van der Waals surface area (Å²) >= 11 is 0. The molecule has 0 heterocycles. The Morgan fingerprint density at radius 1 is 0.958 bits per heavy atom. The molecule has 0 spiro atoms. The second kappa shape index (κ2) is 7.42. The first kappa shape index (κ1) is 15.7. The van der Waals surface area contributed by atoms with Gasteiger partial charge in [-0.25, -0.2) is 13.2 Å². The molecule has 0 bridgehead atoms. The molecule has 24 heavy (non-hydrogen) atoms. The van der Waals surface area contributed by atoms with Gasteiger partial charge < -0.3 is 0 Å². The first-order chi connectivity index (χ1) is 12.0. The Hall–Kier alpha value is -1.77. The highest BCUT2D eigenvalue weighted by Crippen LogP contribution is 2.38. The SMILES string of the molecule is [2H]c1c(-c2ccc(C3CCC(CCC)CC3)cc2)cc(F)c(F)c1F. The van der Waals surface area contributed by atoms with Crippen LogP contribution in [0, 0.1) is 23.4 Å². The normalized spacial score (nSPS) is 21.6. The first-order valence-electron chi connectivity index (χ1n) is 9.25. The standard InChI is InChI=1S/C21H23F3/c1-2-3-14-4-6-15(7-5-14)16-8-10-17(11-9-16)18-12-19(22)21(24)20(23)13-18/h8-15H,2-7H2,1H3/i12D. The summed E-state index contributed by atoms with van der Waals surface area (Å²) in [4.78, 5) is 0. The van der Waals surface area contributed by atoms with Crippen molar-refractivity contribution in [3.05, 3.63) is 59.4 Å². The zero-order chi connectivity index (χ0) is 18.0. The van der Waals surface area contributed by atoms with Crippen LogP contribution >= 0.6 is 0 Å². The highest BCUT2D eigenvalue weighted by Gasteiger charge is 2.21. The van der Waals surface area contributed by atoms with E-state index in [0.717, 1.165) is 12.0 Å². The smallest absolute Gasteiger partial charge is 0.194 e. The lowest BCUT2D eigenvalue weighted by atomic mass is 9.77. The fourth-order valence-corrected chi connectivity index (χ4v) is 3.79. The molecular formula is C21H23F3. The van der Waals surface area contributed by atoms with Gasteiger partial charge in [-0.2, -0.15) is 0 Å². The molecule has 0 atom stereocenters. The van der Waals surface area contributed by atoms with Gasteiger partial charge >= 0.3 is 0 Å². The molecule has 0 radical (unpaired) electrons. The zero-order valence-electron chi connectivity index (χ0n) is 14.9. The largest absolute Gasteiger partial charge is 0.204 e. The second-order valence-electron chi connectivity index (χ2n) is 6.79. The summed E-state index contributed by atoms with van der Waals surface area (Å²) < 4.78 is 48.0. The van der Waals surface area contributed by atoms with Gasteiger partial charge in [0, 0.05) is 0 Å². The molecule has 0 aromatic heterocycles. The molecule has 3 rings (SSSR count). The van der Waals surface area contributed by atoms with Crippen molar-refractivity contribution >= 4 is 0 Å². The summed E-state index contributed by atoms with van der Waals surface area (Å²) in [5, 5.41) is 0. The van der Waals surface area contributed by atoms with E-state index in [1.165, 1.54) is 44.1 Å². The minimum Gasteiger partial charge on any atom is -0.204 e. The van der Waals surface area contributed by atoms with Gasteiger partial charge in [0.2, 0.25) is 0 Å². The van der Waals surface area contributed by atoms with Crippen LogP contribution in [0.15, 0.2) is 36.4 Å². The maximum Gasteiger partial charge on any atom is 0.194 e. The van der Waals surface area contributed by atoms with E-state index in [9.17, 15) is 13.2 Å². The molecule has 1 aliphatic rings. The number of benzene rings is 2. The van der Waals surface area contributed by atoms with Crippen LogP contribution < -0.4 is 0 Å². The van der Waals surface area contributed by atoms with E-state index in [1.54, 1.807) is 12.1 Å². The Labute approximate surface area is 143 Å². The van der Waals surface area contributed by atoms with Gasteiger partial charge in [0.25, 0.3) is 0 Å². The number of hydrogen-bond donors (Lipinski definition) is 0. The van der Waals surface area contributed by atoms with Crippen molar-refractivity contribution in [1.29, 1.82) is 0 Å². The Bertz CT molecular complexity index is 732. The molecule has 3 heteroatoms. The highest BCUT2D eigenvalue weighted by atomic mass is 19.2. The molecular weight excluding hydrogens is 309 g/mol. The molecule has 128 valence electrons. The topological polar surface area (TPSA) is 0 Å². The van der Waals surface area contributed by atoms with E-state index in [-0.39, 0.29) is 5.56 Å². The van der Waals surface area contributed by atoms with E-state index in [2.05, 4.69) is 6.92 Å². The van der Waals surface area contributed by atoms with E-state index >= 15 is 0 Å². The van der Waals surface area contributed by atoms with Crippen molar-refractivity contribution in [3.63, 3.8) is 0 Å². The van der Waals surface area contributed by atoms with Gasteiger partial charge in [0.15, 0.2) is 17.5 Å². The third-order valence-corrected chi connectivity index (χ3v) is 5.15. The lowest BCUT2D eigenvalue weighted by Crippen LogP contribution is -2.13. The van der Waals surface area contributed by atoms with Gasteiger partial charge in [-0.1, -0.05) is 44.0 Å². The van der Waals surface area contributed by atoms with Crippen LogP contribution in [0.1, 0.15) is 58.3 Å².